The lowest BCUT2D eigenvalue weighted by atomic mass is 10.0. The molecule has 0 fully saturated rings. The van der Waals surface area contributed by atoms with Gasteiger partial charge in [0.2, 0.25) is 0 Å². The molecule has 29 heavy (non-hydrogen) atoms. The van der Waals surface area contributed by atoms with Crippen molar-refractivity contribution in [2.75, 3.05) is 7.11 Å². The van der Waals surface area contributed by atoms with Crippen molar-refractivity contribution < 1.29 is 18.4 Å². The molecule has 0 aliphatic carbocycles. The molecule has 2 aromatic carbocycles. The number of aryl methyl sites for hydroxylation is 1. The molecule has 0 bridgehead atoms. The van der Waals surface area contributed by atoms with Crippen LogP contribution in [0.15, 0.2) is 54.5 Å². The van der Waals surface area contributed by atoms with Crippen LogP contribution in [0.2, 0.25) is 0 Å². The third-order valence-corrected chi connectivity index (χ3v) is 5.43. The largest absolute Gasteiger partial charge is 0.465 e. The predicted octanol–water partition coefficient (Wildman–Crippen LogP) is 4.94. The van der Waals surface area contributed by atoms with E-state index in [-0.39, 0.29) is 5.56 Å². The van der Waals surface area contributed by atoms with Gasteiger partial charge in [0.25, 0.3) is 0 Å². The van der Waals surface area contributed by atoms with Crippen LogP contribution in [0.1, 0.15) is 16.1 Å². The van der Waals surface area contributed by atoms with Gasteiger partial charge in [-0.05, 0) is 47.1 Å². The average Bonchev–Trinajstić information content (AvgIpc) is 3.27. The lowest BCUT2D eigenvalue weighted by Gasteiger charge is -2.05. The number of nitrogens with zero attached hydrogens (tertiary/aromatic N) is 1. The summed E-state index contributed by atoms with van der Waals surface area (Å²) in [7, 11) is 1.31. The molecule has 3 heterocycles. The van der Waals surface area contributed by atoms with E-state index in [4.69, 9.17) is 13.6 Å². The minimum Gasteiger partial charge on any atom is -0.465 e. The average molecular weight is 453 g/mol. The molecule has 3 aromatic heterocycles. The number of nitrogens with one attached hydrogen (secondary N) is 1. The monoisotopic (exact) mass is 452 g/mol. The highest BCUT2D eigenvalue weighted by atomic mass is 79.9. The molecule has 144 valence electrons. The van der Waals surface area contributed by atoms with Crippen molar-refractivity contribution in [3.8, 4) is 11.4 Å². The van der Waals surface area contributed by atoms with Crippen LogP contribution in [0.5, 0.6) is 0 Å². The topological polar surface area (TPSA) is 98.3 Å². The van der Waals surface area contributed by atoms with Gasteiger partial charge in [0, 0.05) is 10.8 Å². The summed E-state index contributed by atoms with van der Waals surface area (Å²) in [6, 6.07) is 10.8. The van der Waals surface area contributed by atoms with Gasteiger partial charge >= 0.3 is 11.6 Å². The maximum Gasteiger partial charge on any atom is 0.347 e. The third kappa shape index (κ3) is 2.60. The number of H-pyrrole nitrogens is 1. The highest BCUT2D eigenvalue weighted by molar-refractivity contribution is 9.10. The first-order valence-electron chi connectivity index (χ1n) is 8.71. The number of esters is 1. The summed E-state index contributed by atoms with van der Waals surface area (Å²) >= 11 is 3.42. The molecule has 5 rings (SSSR count). The van der Waals surface area contributed by atoms with Gasteiger partial charge in [-0.1, -0.05) is 12.1 Å². The summed E-state index contributed by atoms with van der Waals surface area (Å²) in [5.41, 5.74) is 2.33. The van der Waals surface area contributed by atoms with Crippen LogP contribution in [-0.2, 0) is 4.74 Å². The summed E-state index contributed by atoms with van der Waals surface area (Å²) in [5, 5.41) is 1.07. The number of fused-ring (bicyclic) bond motifs is 4. The lowest BCUT2D eigenvalue weighted by Crippen LogP contribution is -2.05. The van der Waals surface area contributed by atoms with Gasteiger partial charge in [-0.15, -0.1) is 0 Å². The Bertz CT molecular complexity index is 1480. The quantitative estimate of drug-likeness (QED) is 0.300. The second-order valence-electron chi connectivity index (χ2n) is 6.55. The Balaban J connectivity index is 1.90. The van der Waals surface area contributed by atoms with E-state index in [1.807, 2.05) is 24.3 Å². The van der Waals surface area contributed by atoms with Crippen molar-refractivity contribution in [2.45, 2.75) is 6.92 Å². The zero-order chi connectivity index (χ0) is 20.3. The summed E-state index contributed by atoms with van der Waals surface area (Å²) in [4.78, 5) is 32.7. The smallest absolute Gasteiger partial charge is 0.347 e. The van der Waals surface area contributed by atoms with E-state index in [0.29, 0.717) is 43.6 Å². The maximum atomic E-state index is 12.7. The molecule has 0 spiro atoms. The zero-order valence-corrected chi connectivity index (χ0v) is 16.9. The first-order valence-corrected chi connectivity index (χ1v) is 9.50. The van der Waals surface area contributed by atoms with Crippen molar-refractivity contribution in [3.05, 3.63) is 62.6 Å². The molecule has 8 heteroatoms. The number of hydrogen-bond acceptors (Lipinski definition) is 6. The van der Waals surface area contributed by atoms with Gasteiger partial charge < -0.3 is 18.6 Å². The van der Waals surface area contributed by atoms with Crippen LogP contribution < -0.4 is 5.63 Å². The van der Waals surface area contributed by atoms with Crippen LogP contribution in [0.3, 0.4) is 0 Å². The summed E-state index contributed by atoms with van der Waals surface area (Å²) in [6.07, 6.45) is 0. The van der Waals surface area contributed by atoms with Crippen molar-refractivity contribution in [1.29, 1.82) is 0 Å². The molecule has 0 unspecified atom stereocenters. The van der Waals surface area contributed by atoms with Crippen LogP contribution >= 0.6 is 15.9 Å². The molecule has 0 aliphatic rings. The van der Waals surface area contributed by atoms with Crippen molar-refractivity contribution >= 4 is 54.9 Å². The standard InChI is InChI=1S/C21H13BrN2O5/c1-9-16(21(26)27-2)17-10-7-11(19-23-13-5-3-4-6-14(13)24-19)20(25)29-18(10)12(22)8-15(17)28-9/h3-8H,1-2H3,(H,23,24). The first kappa shape index (κ1) is 17.7. The van der Waals surface area contributed by atoms with E-state index >= 15 is 0 Å². The number of aromatic nitrogens is 2. The number of methoxy groups -OCH3 is 1. The molecule has 0 saturated carbocycles. The Morgan fingerprint density at radius 1 is 1.21 bits per heavy atom. The van der Waals surface area contributed by atoms with Crippen LogP contribution in [0.4, 0.5) is 0 Å². The van der Waals surface area contributed by atoms with E-state index in [9.17, 15) is 9.59 Å². The van der Waals surface area contributed by atoms with Gasteiger partial charge in [0.05, 0.1) is 22.6 Å². The van der Waals surface area contributed by atoms with E-state index in [2.05, 4.69) is 25.9 Å². The fourth-order valence-corrected chi connectivity index (χ4v) is 4.05. The molecular formula is C21H13BrN2O5. The minimum atomic E-state index is -0.545. The number of halogens is 1. The Morgan fingerprint density at radius 3 is 2.76 bits per heavy atom. The Labute approximate surface area is 171 Å². The van der Waals surface area contributed by atoms with E-state index < -0.39 is 11.6 Å². The third-order valence-electron chi connectivity index (χ3n) is 4.84. The molecule has 0 radical (unpaired) electrons. The fourth-order valence-electron chi connectivity index (χ4n) is 3.54. The Hall–Kier alpha value is -3.39. The number of ether oxygens (including phenoxy) is 1. The number of aromatic amines is 1. The number of carbonyl (C=O) groups is 1. The number of hydrogen-bond donors (Lipinski definition) is 1. The predicted molar refractivity (Wildman–Crippen MR) is 111 cm³/mol. The van der Waals surface area contributed by atoms with Crippen LogP contribution in [-0.4, -0.2) is 23.0 Å². The number of rotatable bonds is 2. The molecule has 0 aliphatic heterocycles. The van der Waals surface area contributed by atoms with Crippen molar-refractivity contribution in [2.24, 2.45) is 0 Å². The lowest BCUT2D eigenvalue weighted by molar-refractivity contribution is 0.0601. The maximum absolute atomic E-state index is 12.7. The number of imidazole rings is 1. The van der Waals surface area contributed by atoms with E-state index in [1.54, 1.807) is 19.1 Å². The van der Waals surface area contributed by atoms with Crippen molar-refractivity contribution in [1.82, 2.24) is 9.97 Å². The molecule has 0 atom stereocenters. The molecule has 0 amide bonds. The second-order valence-corrected chi connectivity index (χ2v) is 7.40. The highest BCUT2D eigenvalue weighted by Gasteiger charge is 2.24. The molecule has 7 nitrogen and oxygen atoms in total. The fraction of sp³-hybridized carbons (Fsp3) is 0.0952. The van der Waals surface area contributed by atoms with E-state index in [1.165, 1.54) is 7.11 Å². The number of para-hydroxylation sites is 2. The molecule has 5 aromatic rings. The van der Waals surface area contributed by atoms with Gasteiger partial charge in [0.15, 0.2) is 5.58 Å². The first-order chi connectivity index (χ1) is 14.0. The number of carbonyl (C=O) groups excluding carboxylic acids is 1. The van der Waals surface area contributed by atoms with E-state index in [0.717, 1.165) is 11.0 Å². The van der Waals surface area contributed by atoms with Crippen LogP contribution in [0.25, 0.3) is 44.4 Å². The highest BCUT2D eigenvalue weighted by Crippen LogP contribution is 2.37. The van der Waals surface area contributed by atoms with Crippen molar-refractivity contribution in [3.63, 3.8) is 0 Å². The summed E-state index contributed by atoms with van der Waals surface area (Å²) in [5.74, 6) is 0.277. The van der Waals surface area contributed by atoms with Crippen LogP contribution in [0, 0.1) is 6.92 Å². The minimum absolute atomic E-state index is 0.253. The SMILES string of the molecule is COC(=O)c1c(C)oc2cc(Br)c3oc(=O)c(-c4nc5ccccc5[nH]4)cc3c12. The zero-order valence-electron chi connectivity index (χ0n) is 15.3. The molecular weight excluding hydrogens is 440 g/mol. The van der Waals surface area contributed by atoms with Gasteiger partial charge in [-0.2, -0.15) is 0 Å². The molecule has 0 saturated heterocycles. The normalized spacial score (nSPS) is 11.6. The van der Waals surface area contributed by atoms with Gasteiger partial charge in [-0.25, -0.2) is 14.6 Å². The number of furan rings is 1. The molecule has 1 N–H and O–H groups in total. The summed E-state index contributed by atoms with van der Waals surface area (Å²) in [6.45, 7) is 1.69. The van der Waals surface area contributed by atoms with Gasteiger partial charge in [-0.3, -0.25) is 0 Å². The number of benzene rings is 2. The second kappa shape index (κ2) is 6.31. The van der Waals surface area contributed by atoms with Gasteiger partial charge in [0.1, 0.15) is 28.3 Å². The Morgan fingerprint density at radius 2 is 2.00 bits per heavy atom. The Kier molecular flexibility index (Phi) is 3.85. The summed E-state index contributed by atoms with van der Waals surface area (Å²) < 4.78 is 16.8.